The fourth-order valence-electron chi connectivity index (χ4n) is 1.59. The molecule has 1 atom stereocenters. The van der Waals surface area contributed by atoms with Crippen molar-refractivity contribution in [2.24, 2.45) is 0 Å². The Morgan fingerprint density at radius 2 is 2.16 bits per heavy atom. The molecule has 2 rings (SSSR count). The van der Waals surface area contributed by atoms with Crippen LogP contribution in [0.5, 0.6) is 5.75 Å². The van der Waals surface area contributed by atoms with E-state index in [4.69, 9.17) is 10.5 Å². The summed E-state index contributed by atoms with van der Waals surface area (Å²) in [5.74, 6) is 1.62. The van der Waals surface area contributed by atoms with E-state index in [1.54, 1.807) is 6.20 Å². The summed E-state index contributed by atoms with van der Waals surface area (Å²) in [6.45, 7) is 4.16. The molecule has 1 aromatic heterocycles. The minimum Gasteiger partial charge on any atom is -0.491 e. The number of pyridine rings is 1. The number of anilines is 3. The number of nitrogens with two attached hydrogens (primary N) is 1. The second-order valence-corrected chi connectivity index (χ2v) is 4.47. The first-order chi connectivity index (χ1) is 9.17. The van der Waals surface area contributed by atoms with Crippen LogP contribution >= 0.6 is 0 Å². The van der Waals surface area contributed by atoms with Gasteiger partial charge in [-0.25, -0.2) is 4.98 Å². The molecule has 0 bridgehead atoms. The highest BCUT2D eigenvalue weighted by Gasteiger charge is 2.02. The van der Waals surface area contributed by atoms with Gasteiger partial charge in [0, 0.05) is 11.8 Å². The molecule has 4 nitrogen and oxygen atoms in total. The van der Waals surface area contributed by atoms with Gasteiger partial charge in [0.25, 0.3) is 0 Å². The van der Waals surface area contributed by atoms with Gasteiger partial charge in [-0.15, -0.1) is 0 Å². The topological polar surface area (TPSA) is 60.2 Å². The lowest BCUT2D eigenvalue weighted by molar-refractivity contribution is 0.217. The molecule has 4 heteroatoms. The summed E-state index contributed by atoms with van der Waals surface area (Å²) in [6.07, 6.45) is 2.82. The van der Waals surface area contributed by atoms with E-state index >= 15 is 0 Å². The van der Waals surface area contributed by atoms with Crippen LogP contribution in [-0.4, -0.2) is 11.1 Å². The van der Waals surface area contributed by atoms with Crippen molar-refractivity contribution in [1.82, 2.24) is 4.98 Å². The summed E-state index contributed by atoms with van der Waals surface area (Å²) in [7, 11) is 0. The van der Waals surface area contributed by atoms with Crippen LogP contribution in [0.1, 0.15) is 20.3 Å². The molecular formula is C15H19N3O. The van der Waals surface area contributed by atoms with E-state index < -0.39 is 0 Å². The Morgan fingerprint density at radius 1 is 1.32 bits per heavy atom. The highest BCUT2D eigenvalue weighted by atomic mass is 16.5. The number of ether oxygens (including phenoxy) is 1. The van der Waals surface area contributed by atoms with Gasteiger partial charge in [-0.3, -0.25) is 0 Å². The molecule has 100 valence electrons. The number of nitrogens with one attached hydrogen (secondary N) is 1. The fraction of sp³-hybridized carbons (Fsp3) is 0.267. The molecule has 0 aliphatic heterocycles. The fourth-order valence-corrected chi connectivity index (χ4v) is 1.59. The third-order valence-corrected chi connectivity index (χ3v) is 2.80. The van der Waals surface area contributed by atoms with E-state index in [2.05, 4.69) is 24.1 Å². The van der Waals surface area contributed by atoms with Crippen molar-refractivity contribution in [2.45, 2.75) is 26.4 Å². The van der Waals surface area contributed by atoms with Crippen LogP contribution in [-0.2, 0) is 0 Å². The smallest absolute Gasteiger partial charge is 0.130 e. The number of nitrogen functional groups attached to an aromatic ring is 1. The zero-order chi connectivity index (χ0) is 13.7. The number of rotatable bonds is 5. The molecule has 0 saturated heterocycles. The van der Waals surface area contributed by atoms with Crippen LogP contribution < -0.4 is 15.8 Å². The number of hydrogen-bond acceptors (Lipinski definition) is 4. The highest BCUT2D eigenvalue weighted by molar-refractivity contribution is 5.59. The lowest BCUT2D eigenvalue weighted by Crippen LogP contribution is -2.09. The molecule has 0 aliphatic carbocycles. The van der Waals surface area contributed by atoms with E-state index in [0.717, 1.165) is 23.7 Å². The number of benzene rings is 1. The third-order valence-electron chi connectivity index (χ3n) is 2.80. The van der Waals surface area contributed by atoms with E-state index in [1.165, 1.54) is 0 Å². The maximum absolute atomic E-state index is 5.78. The van der Waals surface area contributed by atoms with Gasteiger partial charge in [-0.05, 0) is 37.6 Å². The number of hydrogen-bond donors (Lipinski definition) is 2. The minimum atomic E-state index is 0.213. The van der Waals surface area contributed by atoms with E-state index in [0.29, 0.717) is 5.69 Å². The second kappa shape index (κ2) is 6.09. The molecule has 1 unspecified atom stereocenters. The monoisotopic (exact) mass is 257 g/mol. The number of nitrogens with zero attached hydrogens (tertiary/aromatic N) is 1. The molecule has 3 N–H and O–H groups in total. The first-order valence-electron chi connectivity index (χ1n) is 6.42. The Labute approximate surface area is 113 Å². The Bertz CT molecular complexity index is 525. The molecule has 1 heterocycles. The lowest BCUT2D eigenvalue weighted by atomic mass is 10.2. The molecule has 19 heavy (non-hydrogen) atoms. The summed E-state index contributed by atoms with van der Waals surface area (Å²) >= 11 is 0. The molecule has 0 fully saturated rings. The highest BCUT2D eigenvalue weighted by Crippen LogP contribution is 2.22. The molecule has 0 saturated carbocycles. The van der Waals surface area contributed by atoms with Crippen molar-refractivity contribution >= 4 is 17.2 Å². The van der Waals surface area contributed by atoms with Crippen molar-refractivity contribution in [3.8, 4) is 5.75 Å². The zero-order valence-electron chi connectivity index (χ0n) is 11.3. The first kappa shape index (κ1) is 13.2. The van der Waals surface area contributed by atoms with Crippen LogP contribution in [0.4, 0.5) is 17.2 Å². The second-order valence-electron chi connectivity index (χ2n) is 4.47. The van der Waals surface area contributed by atoms with Crippen LogP contribution in [0.25, 0.3) is 0 Å². The van der Waals surface area contributed by atoms with Gasteiger partial charge in [0.15, 0.2) is 0 Å². The summed E-state index contributed by atoms with van der Waals surface area (Å²) < 4.78 is 5.78. The van der Waals surface area contributed by atoms with Crippen LogP contribution in [0.15, 0.2) is 42.6 Å². The van der Waals surface area contributed by atoms with Gasteiger partial charge >= 0.3 is 0 Å². The van der Waals surface area contributed by atoms with Crippen molar-refractivity contribution in [1.29, 1.82) is 0 Å². The third kappa shape index (κ3) is 3.88. The molecular weight excluding hydrogens is 238 g/mol. The molecule has 0 aliphatic rings. The van der Waals surface area contributed by atoms with Crippen LogP contribution in [0, 0.1) is 0 Å². The summed E-state index contributed by atoms with van der Waals surface area (Å²) in [5, 5.41) is 3.22. The lowest BCUT2D eigenvalue weighted by Gasteiger charge is -2.13. The van der Waals surface area contributed by atoms with Crippen LogP contribution in [0.2, 0.25) is 0 Å². The van der Waals surface area contributed by atoms with Crippen molar-refractivity contribution < 1.29 is 4.74 Å². The van der Waals surface area contributed by atoms with E-state index in [1.807, 2.05) is 36.4 Å². The Balaban J connectivity index is 2.08. The van der Waals surface area contributed by atoms with Crippen molar-refractivity contribution in [3.05, 3.63) is 42.6 Å². The average molecular weight is 257 g/mol. The summed E-state index contributed by atoms with van der Waals surface area (Å²) in [4.78, 5) is 4.20. The maximum Gasteiger partial charge on any atom is 0.130 e. The predicted octanol–water partition coefficient (Wildman–Crippen LogP) is 3.58. The summed E-state index contributed by atoms with van der Waals surface area (Å²) in [6, 6.07) is 11.5. The van der Waals surface area contributed by atoms with Gasteiger partial charge in [0.1, 0.15) is 11.6 Å². The predicted molar refractivity (Wildman–Crippen MR) is 78.8 cm³/mol. The summed E-state index contributed by atoms with van der Waals surface area (Å²) in [5.41, 5.74) is 7.20. The molecule has 0 radical (unpaired) electrons. The van der Waals surface area contributed by atoms with E-state index in [9.17, 15) is 0 Å². The quantitative estimate of drug-likeness (QED) is 0.859. The molecule has 2 aromatic rings. The standard InChI is InChI=1S/C15H19N3O/c1-3-11(2)19-14-6-4-5-13(9-14)18-15-8-7-12(16)10-17-15/h4-11H,3,16H2,1-2H3,(H,17,18). The van der Waals surface area contributed by atoms with Gasteiger partial charge in [0.05, 0.1) is 18.0 Å². The Hall–Kier alpha value is -2.23. The van der Waals surface area contributed by atoms with Crippen LogP contribution in [0.3, 0.4) is 0 Å². The zero-order valence-corrected chi connectivity index (χ0v) is 11.3. The van der Waals surface area contributed by atoms with Gasteiger partial charge in [-0.2, -0.15) is 0 Å². The Morgan fingerprint density at radius 3 is 2.84 bits per heavy atom. The normalized spacial score (nSPS) is 11.9. The maximum atomic E-state index is 5.78. The van der Waals surface area contributed by atoms with Crippen molar-refractivity contribution in [3.63, 3.8) is 0 Å². The molecule has 1 aromatic carbocycles. The largest absolute Gasteiger partial charge is 0.491 e. The SMILES string of the molecule is CCC(C)Oc1cccc(Nc2ccc(N)cn2)c1. The van der Waals surface area contributed by atoms with Crippen molar-refractivity contribution in [2.75, 3.05) is 11.1 Å². The van der Waals surface area contributed by atoms with Gasteiger partial charge in [0.2, 0.25) is 0 Å². The first-order valence-corrected chi connectivity index (χ1v) is 6.42. The molecule has 0 spiro atoms. The minimum absolute atomic E-state index is 0.213. The van der Waals surface area contributed by atoms with E-state index in [-0.39, 0.29) is 6.10 Å². The number of aromatic nitrogens is 1. The average Bonchev–Trinajstić information content (AvgIpc) is 2.42. The Kier molecular flexibility index (Phi) is 4.23. The van der Waals surface area contributed by atoms with Gasteiger partial charge in [-0.1, -0.05) is 13.0 Å². The molecule has 0 amide bonds. The van der Waals surface area contributed by atoms with Gasteiger partial charge < -0.3 is 15.8 Å².